The summed E-state index contributed by atoms with van der Waals surface area (Å²) in [6, 6.07) is 11.0. The second-order valence-electron chi connectivity index (χ2n) is 9.21. The fourth-order valence-electron chi connectivity index (χ4n) is 4.20. The molecule has 6 heterocycles. The SMILES string of the molecule is CNC(=O)c1cc2ccc1Nc1nc(ncc1C(F)(F)F)Nc1ccc(cc1)CP(=O)(O)OCCCn1cc-2cn1. The second-order valence-corrected chi connectivity index (χ2v) is 11.1. The third-order valence-corrected chi connectivity index (χ3v) is 7.57. The first-order chi connectivity index (χ1) is 19.5. The molecule has 0 spiro atoms. The summed E-state index contributed by atoms with van der Waals surface area (Å²) in [5.41, 5.74) is 1.29. The number of hydrogen-bond donors (Lipinski definition) is 4. The molecule has 1 amide bonds. The number of rotatable bonds is 1. The summed E-state index contributed by atoms with van der Waals surface area (Å²) >= 11 is 0. The van der Waals surface area contributed by atoms with E-state index in [9.17, 15) is 27.4 Å². The van der Waals surface area contributed by atoms with Crippen molar-refractivity contribution in [1.82, 2.24) is 25.1 Å². The standard InChI is InChI=1S/C26H25F3N7O4P/c1-30-24(37)20-11-17-5-8-22(20)34-23-21(26(27,28)29)13-31-25(35-23)33-19-6-3-16(4-7-19)15-41(38,39)40-10-2-9-36-14-18(17)12-32-36/h3-8,11-14H,2,9-10,15H2,1H3,(H,30,37)(H,38,39)(H2,31,33,34,35). The van der Waals surface area contributed by atoms with Gasteiger partial charge in [0.25, 0.3) is 5.91 Å². The minimum atomic E-state index is -4.78. The van der Waals surface area contributed by atoms with Gasteiger partial charge in [0.05, 0.1) is 30.2 Å². The Morgan fingerprint density at radius 1 is 1.12 bits per heavy atom. The number of nitrogens with zero attached hydrogens (tertiary/aromatic N) is 4. The van der Waals surface area contributed by atoms with Gasteiger partial charge in [-0.2, -0.15) is 23.3 Å². The third kappa shape index (κ3) is 6.73. The molecule has 4 aromatic rings. The second kappa shape index (κ2) is 11.3. The largest absolute Gasteiger partial charge is 0.421 e. The molecule has 4 aliphatic heterocycles. The summed E-state index contributed by atoms with van der Waals surface area (Å²) < 4.78 is 61.1. The number of aromatic nitrogens is 4. The Bertz CT molecular complexity index is 1630. The molecule has 11 nitrogen and oxygen atoms in total. The molecule has 2 aromatic carbocycles. The van der Waals surface area contributed by atoms with Gasteiger partial charge in [-0.05, 0) is 41.8 Å². The Morgan fingerprint density at radius 2 is 1.90 bits per heavy atom. The van der Waals surface area contributed by atoms with Crippen LogP contribution in [0, 0.1) is 0 Å². The lowest BCUT2D eigenvalue weighted by Gasteiger charge is -2.17. The minimum Gasteiger partial charge on any atom is -0.355 e. The first-order valence-electron chi connectivity index (χ1n) is 12.4. The average molecular weight is 587 g/mol. The molecule has 8 bridgehead atoms. The van der Waals surface area contributed by atoms with E-state index < -0.39 is 31.1 Å². The van der Waals surface area contributed by atoms with Crippen LogP contribution in [0.3, 0.4) is 0 Å². The molecule has 0 fully saturated rings. The summed E-state index contributed by atoms with van der Waals surface area (Å²) in [4.78, 5) is 30.9. The van der Waals surface area contributed by atoms with Crippen LogP contribution in [0.1, 0.15) is 27.9 Å². The van der Waals surface area contributed by atoms with E-state index in [-0.39, 0.29) is 30.0 Å². The lowest BCUT2D eigenvalue weighted by molar-refractivity contribution is -0.137. The maximum atomic E-state index is 13.9. The van der Waals surface area contributed by atoms with Crippen molar-refractivity contribution in [3.05, 3.63) is 77.7 Å². The van der Waals surface area contributed by atoms with Crippen LogP contribution in [0.15, 0.2) is 61.1 Å². The molecule has 4 N–H and O–H groups in total. The van der Waals surface area contributed by atoms with E-state index in [2.05, 4.69) is 31.0 Å². The third-order valence-electron chi connectivity index (χ3n) is 6.22. The Balaban J connectivity index is 1.59. The van der Waals surface area contributed by atoms with Crippen LogP contribution < -0.4 is 16.0 Å². The summed E-state index contributed by atoms with van der Waals surface area (Å²) in [6.45, 7) is 0.440. The highest BCUT2D eigenvalue weighted by molar-refractivity contribution is 7.51. The smallest absolute Gasteiger partial charge is 0.355 e. The van der Waals surface area contributed by atoms with Crippen LogP contribution >= 0.6 is 7.60 Å². The molecule has 0 saturated heterocycles. The molecule has 41 heavy (non-hydrogen) atoms. The van der Waals surface area contributed by atoms with E-state index in [0.717, 1.165) is 0 Å². The monoisotopic (exact) mass is 587 g/mol. The number of alkyl halides is 3. The van der Waals surface area contributed by atoms with E-state index in [4.69, 9.17) is 4.52 Å². The van der Waals surface area contributed by atoms with Crippen LogP contribution in [-0.4, -0.2) is 44.2 Å². The van der Waals surface area contributed by atoms with Gasteiger partial charge in [0, 0.05) is 37.2 Å². The number of benzene rings is 2. The van der Waals surface area contributed by atoms with Gasteiger partial charge in [0.1, 0.15) is 11.4 Å². The fourth-order valence-corrected chi connectivity index (χ4v) is 5.37. The Morgan fingerprint density at radius 3 is 2.63 bits per heavy atom. The van der Waals surface area contributed by atoms with Crippen molar-refractivity contribution < 1.29 is 31.9 Å². The van der Waals surface area contributed by atoms with Crippen molar-refractivity contribution >= 4 is 36.6 Å². The molecule has 1 unspecified atom stereocenters. The number of nitrogens with one attached hydrogen (secondary N) is 3. The average Bonchev–Trinajstić information content (AvgIpc) is 3.40. The zero-order valence-electron chi connectivity index (χ0n) is 21.6. The molecule has 4 aliphatic rings. The first-order valence-corrected chi connectivity index (χ1v) is 14.2. The topological polar surface area (TPSA) is 143 Å². The number of amides is 1. The van der Waals surface area contributed by atoms with Crippen LogP contribution in [0.25, 0.3) is 11.1 Å². The molecule has 8 rings (SSSR count). The zero-order valence-corrected chi connectivity index (χ0v) is 22.5. The lowest BCUT2D eigenvalue weighted by Crippen LogP contribution is -2.20. The predicted octanol–water partition coefficient (Wildman–Crippen LogP) is 5.31. The van der Waals surface area contributed by atoms with E-state index in [1.165, 1.54) is 19.2 Å². The maximum absolute atomic E-state index is 13.9. The molecule has 0 aliphatic carbocycles. The number of carbonyl (C=O) groups excluding carboxylic acids is 1. The quantitative estimate of drug-likeness (QED) is 0.218. The van der Waals surface area contributed by atoms with Crippen LogP contribution in [-0.2, 0) is 28.0 Å². The summed E-state index contributed by atoms with van der Waals surface area (Å²) in [6.07, 6.45) is -0.627. The zero-order chi connectivity index (χ0) is 29.2. The lowest BCUT2D eigenvalue weighted by atomic mass is 10.0. The first kappa shape index (κ1) is 28.3. The van der Waals surface area contributed by atoms with Crippen molar-refractivity contribution in [3.8, 4) is 11.1 Å². The fraction of sp³-hybridized carbons (Fsp3) is 0.231. The van der Waals surface area contributed by atoms with E-state index in [1.807, 2.05) is 0 Å². The van der Waals surface area contributed by atoms with Crippen molar-refractivity contribution in [3.63, 3.8) is 0 Å². The van der Waals surface area contributed by atoms with Crippen molar-refractivity contribution in [2.45, 2.75) is 25.3 Å². The maximum Gasteiger partial charge on any atom is 0.421 e. The number of aryl methyl sites for hydroxylation is 1. The minimum absolute atomic E-state index is 0.0391. The van der Waals surface area contributed by atoms with Gasteiger partial charge in [-0.25, -0.2) is 4.98 Å². The Kier molecular flexibility index (Phi) is 7.80. The number of hydrogen-bond acceptors (Lipinski definition) is 8. The summed E-state index contributed by atoms with van der Waals surface area (Å²) in [5, 5.41) is 12.3. The molecular weight excluding hydrogens is 562 g/mol. The molecule has 214 valence electrons. The molecule has 0 radical (unpaired) electrons. The highest BCUT2D eigenvalue weighted by Gasteiger charge is 2.35. The van der Waals surface area contributed by atoms with Gasteiger partial charge in [-0.15, -0.1) is 0 Å². The summed E-state index contributed by atoms with van der Waals surface area (Å²) in [7, 11) is -2.51. The highest BCUT2D eigenvalue weighted by Crippen LogP contribution is 2.46. The molecule has 15 heteroatoms. The predicted molar refractivity (Wildman–Crippen MR) is 145 cm³/mol. The summed E-state index contributed by atoms with van der Waals surface area (Å²) in [5.74, 6) is -1.22. The van der Waals surface area contributed by atoms with Crippen LogP contribution in [0.5, 0.6) is 0 Å². The Hall–Kier alpha value is -4.26. The Labute approximate surface area is 232 Å². The van der Waals surface area contributed by atoms with Crippen molar-refractivity contribution in [2.75, 3.05) is 24.3 Å². The number of halogens is 3. The van der Waals surface area contributed by atoms with Gasteiger partial charge in [-0.1, -0.05) is 18.2 Å². The van der Waals surface area contributed by atoms with Gasteiger partial charge < -0.3 is 25.4 Å². The van der Waals surface area contributed by atoms with Gasteiger partial charge >= 0.3 is 13.8 Å². The molecule has 2 aromatic heterocycles. The normalized spacial score (nSPS) is 17.6. The van der Waals surface area contributed by atoms with Crippen LogP contribution in [0.4, 0.5) is 36.3 Å². The molecule has 0 saturated carbocycles. The van der Waals surface area contributed by atoms with E-state index >= 15 is 0 Å². The molecule has 1 atom stereocenters. The van der Waals surface area contributed by atoms with Gasteiger partial charge in [-0.3, -0.25) is 14.0 Å². The van der Waals surface area contributed by atoms with Gasteiger partial charge in [0.2, 0.25) is 5.95 Å². The van der Waals surface area contributed by atoms with Crippen LogP contribution in [0.2, 0.25) is 0 Å². The van der Waals surface area contributed by atoms with E-state index in [0.29, 0.717) is 41.5 Å². The number of anilines is 4. The highest BCUT2D eigenvalue weighted by atomic mass is 31.2. The van der Waals surface area contributed by atoms with Crippen molar-refractivity contribution in [1.29, 1.82) is 0 Å². The molecular formula is C26H25F3N7O4P. The van der Waals surface area contributed by atoms with E-state index in [1.54, 1.807) is 47.4 Å². The number of carbonyl (C=O) groups is 1. The van der Waals surface area contributed by atoms with Gasteiger partial charge in [0.15, 0.2) is 0 Å². The van der Waals surface area contributed by atoms with Crippen molar-refractivity contribution in [2.24, 2.45) is 0 Å².